The lowest BCUT2D eigenvalue weighted by Crippen LogP contribution is -2.40. The molecule has 3 aromatic carbocycles. The molecule has 222 valence electrons. The van der Waals surface area contributed by atoms with E-state index in [1.54, 1.807) is 0 Å². The van der Waals surface area contributed by atoms with E-state index in [2.05, 4.69) is 73.8 Å². The molecule has 2 aliphatic carbocycles. The van der Waals surface area contributed by atoms with E-state index in [0.29, 0.717) is 37.6 Å². The van der Waals surface area contributed by atoms with Crippen molar-refractivity contribution in [3.63, 3.8) is 0 Å². The number of nitrogens with zero attached hydrogens (tertiary/aromatic N) is 1. The quantitative estimate of drug-likeness (QED) is 0.205. The molecule has 0 aromatic heterocycles. The first-order valence-corrected chi connectivity index (χ1v) is 17.0. The second kappa shape index (κ2) is 13.4. The van der Waals surface area contributed by atoms with E-state index in [9.17, 15) is 9.59 Å². The number of carbonyl (C=O) groups excluding carboxylic acids is 2. The van der Waals surface area contributed by atoms with Gasteiger partial charge in [0.2, 0.25) is 0 Å². The number of rotatable bonds is 9. The van der Waals surface area contributed by atoms with Gasteiger partial charge in [0.1, 0.15) is 6.61 Å². The van der Waals surface area contributed by atoms with Crippen molar-refractivity contribution < 1.29 is 19.1 Å². The summed E-state index contributed by atoms with van der Waals surface area (Å²) in [7, 11) is 0. The summed E-state index contributed by atoms with van der Waals surface area (Å²) in [5.41, 5.74) is 7.03. The summed E-state index contributed by atoms with van der Waals surface area (Å²) in [6, 6.07) is 22.5. The molecule has 0 fully saturated rings. The van der Waals surface area contributed by atoms with E-state index in [4.69, 9.17) is 9.47 Å². The molecule has 3 aromatic rings. The van der Waals surface area contributed by atoms with Crippen LogP contribution >= 0.6 is 38.5 Å². The van der Waals surface area contributed by atoms with Crippen LogP contribution < -0.4 is 9.47 Å². The summed E-state index contributed by atoms with van der Waals surface area (Å²) >= 11 is 5.91. The van der Waals surface area contributed by atoms with Crippen molar-refractivity contribution in [2.24, 2.45) is 0 Å². The monoisotopic (exact) mass is 751 g/mol. The van der Waals surface area contributed by atoms with E-state index < -0.39 is 0 Å². The highest BCUT2D eigenvalue weighted by Gasteiger charge is 2.43. The van der Waals surface area contributed by atoms with Gasteiger partial charge in [-0.3, -0.25) is 9.59 Å². The summed E-state index contributed by atoms with van der Waals surface area (Å²) in [4.78, 5) is 29.9. The first-order chi connectivity index (χ1) is 21.0. The lowest BCUT2D eigenvalue weighted by molar-refractivity contribution is -0.117. The fourth-order valence-electron chi connectivity index (χ4n) is 6.63. The molecule has 0 radical (unpaired) electrons. The maximum atomic E-state index is 13.8. The summed E-state index contributed by atoms with van der Waals surface area (Å²) in [6.45, 7) is 3.58. The van der Waals surface area contributed by atoms with E-state index in [1.165, 1.54) is 5.56 Å². The maximum absolute atomic E-state index is 13.8. The van der Waals surface area contributed by atoms with Gasteiger partial charge in [-0.1, -0.05) is 64.5 Å². The molecule has 43 heavy (non-hydrogen) atoms. The van der Waals surface area contributed by atoms with Gasteiger partial charge in [0.05, 0.1) is 10.2 Å². The zero-order valence-electron chi connectivity index (χ0n) is 24.3. The minimum Gasteiger partial charge on any atom is -0.490 e. The van der Waals surface area contributed by atoms with Crippen molar-refractivity contribution in [1.82, 2.24) is 4.90 Å². The van der Waals surface area contributed by atoms with Crippen LogP contribution in [0.5, 0.6) is 11.5 Å². The maximum Gasteiger partial charge on any atom is 0.174 e. The van der Waals surface area contributed by atoms with Gasteiger partial charge in [-0.05, 0) is 90.9 Å². The second-order valence-corrected chi connectivity index (χ2v) is 13.3. The Kier molecular flexibility index (Phi) is 9.38. The largest absolute Gasteiger partial charge is 0.490 e. The Morgan fingerprint density at radius 3 is 2.16 bits per heavy atom. The van der Waals surface area contributed by atoms with Gasteiger partial charge < -0.3 is 14.4 Å². The topological polar surface area (TPSA) is 55.8 Å². The molecule has 0 bridgehead atoms. The molecule has 1 heterocycles. The Morgan fingerprint density at radius 2 is 1.51 bits per heavy atom. The average molecular weight is 752 g/mol. The van der Waals surface area contributed by atoms with Crippen molar-refractivity contribution in [2.75, 3.05) is 13.2 Å². The van der Waals surface area contributed by atoms with Gasteiger partial charge in [0.25, 0.3) is 0 Å². The highest BCUT2D eigenvalue weighted by Crippen LogP contribution is 2.50. The molecule has 0 saturated heterocycles. The highest BCUT2D eigenvalue weighted by atomic mass is 127. The molecule has 0 amide bonds. The number of hydrogen-bond donors (Lipinski definition) is 0. The molecule has 6 rings (SSSR count). The molecule has 5 nitrogen and oxygen atoms in total. The number of allylic oxidation sites excluding steroid dienone is 4. The van der Waals surface area contributed by atoms with Gasteiger partial charge in [-0.2, -0.15) is 0 Å². The zero-order chi connectivity index (χ0) is 29.9. The fraction of sp³-hybridized carbons (Fsp3) is 0.333. The van der Waals surface area contributed by atoms with Crippen LogP contribution in [0.3, 0.4) is 0 Å². The Hall–Kier alpha value is -2.91. The molecule has 0 spiro atoms. The minimum absolute atomic E-state index is 0.156. The van der Waals surface area contributed by atoms with Gasteiger partial charge in [0, 0.05) is 57.9 Å². The second-order valence-electron chi connectivity index (χ2n) is 11.2. The van der Waals surface area contributed by atoms with Crippen LogP contribution in [0.1, 0.15) is 68.1 Å². The van der Waals surface area contributed by atoms with Gasteiger partial charge in [-0.25, -0.2) is 0 Å². The van der Waals surface area contributed by atoms with Crippen LogP contribution in [-0.4, -0.2) is 29.6 Å². The van der Waals surface area contributed by atoms with E-state index >= 15 is 0 Å². The molecular formula is C36H35BrINO4. The molecule has 1 aliphatic heterocycles. The smallest absolute Gasteiger partial charge is 0.174 e. The van der Waals surface area contributed by atoms with Crippen molar-refractivity contribution in [1.29, 1.82) is 0 Å². The van der Waals surface area contributed by atoms with Crippen molar-refractivity contribution in [3.8, 4) is 11.5 Å². The number of ketones is 2. The van der Waals surface area contributed by atoms with E-state index in [1.807, 2.05) is 43.3 Å². The number of carbonyl (C=O) groups is 2. The highest BCUT2D eigenvalue weighted by molar-refractivity contribution is 14.1. The third-order valence-electron chi connectivity index (χ3n) is 8.55. The van der Waals surface area contributed by atoms with Crippen LogP contribution in [0, 0.1) is 3.57 Å². The van der Waals surface area contributed by atoms with Gasteiger partial charge in [0.15, 0.2) is 23.1 Å². The Morgan fingerprint density at radius 1 is 0.860 bits per heavy atom. The number of Topliss-reactive ketones (excluding diaryl/α,β-unsaturated/α-hetero) is 2. The molecule has 0 unspecified atom stereocenters. The molecule has 3 aliphatic rings. The van der Waals surface area contributed by atoms with Crippen LogP contribution in [0.4, 0.5) is 0 Å². The van der Waals surface area contributed by atoms with Crippen LogP contribution in [0.25, 0.3) is 0 Å². The molecule has 7 heteroatoms. The number of benzene rings is 3. The van der Waals surface area contributed by atoms with Crippen LogP contribution in [0.15, 0.2) is 93.7 Å². The molecule has 0 atom stereocenters. The minimum atomic E-state index is -0.386. The Labute approximate surface area is 275 Å². The summed E-state index contributed by atoms with van der Waals surface area (Å²) < 4.78 is 14.4. The average Bonchev–Trinajstić information content (AvgIpc) is 3.01. The predicted molar refractivity (Wildman–Crippen MR) is 180 cm³/mol. The number of halogens is 2. The fourth-order valence-corrected chi connectivity index (χ4v) is 7.81. The summed E-state index contributed by atoms with van der Waals surface area (Å²) in [6.07, 6.45) is 5.26. The van der Waals surface area contributed by atoms with Crippen molar-refractivity contribution in [3.05, 3.63) is 114 Å². The van der Waals surface area contributed by atoms with Gasteiger partial charge >= 0.3 is 0 Å². The lowest BCUT2D eigenvalue weighted by atomic mass is 9.71. The van der Waals surface area contributed by atoms with E-state index in [0.717, 1.165) is 80.4 Å². The first-order valence-electron chi connectivity index (χ1n) is 15.1. The lowest BCUT2D eigenvalue weighted by Gasteiger charge is -2.44. The third-order valence-corrected chi connectivity index (χ3v) is 10.1. The SMILES string of the molecule is CCOc1cc(C2C3=C(CCCC3=O)N(CCc3ccccc3)C3=C2C(=O)CCC3)cc(I)c1OCc1ccccc1Br. The summed E-state index contributed by atoms with van der Waals surface area (Å²) in [5.74, 6) is 1.24. The summed E-state index contributed by atoms with van der Waals surface area (Å²) in [5, 5.41) is 0. The first kappa shape index (κ1) is 30.1. The van der Waals surface area contributed by atoms with E-state index in [-0.39, 0.29) is 17.5 Å². The van der Waals surface area contributed by atoms with Gasteiger partial charge in [-0.15, -0.1) is 0 Å². The normalized spacial score (nSPS) is 17.2. The Bertz CT molecular complexity index is 1570. The van der Waals surface area contributed by atoms with Crippen LogP contribution in [0.2, 0.25) is 0 Å². The van der Waals surface area contributed by atoms with Crippen molar-refractivity contribution in [2.45, 2.75) is 64.4 Å². The van der Waals surface area contributed by atoms with Crippen LogP contribution in [-0.2, 0) is 22.6 Å². The molecule has 0 saturated carbocycles. The Balaban J connectivity index is 1.42. The zero-order valence-corrected chi connectivity index (χ0v) is 28.1. The standard InChI is InChI=1S/C36H35BrINO4/c1-2-42-32-21-25(20-27(38)36(32)43-22-24-12-6-7-13-26(24)37)33-34-28(14-8-16-30(34)40)39(19-18-23-10-4-3-5-11-23)29-15-9-17-31(41)35(29)33/h3-7,10-13,20-21,33H,2,8-9,14-19,22H2,1H3. The molecular weight excluding hydrogens is 717 g/mol. The number of hydrogen-bond acceptors (Lipinski definition) is 5. The van der Waals surface area contributed by atoms with Crippen molar-refractivity contribution >= 4 is 50.1 Å². The third kappa shape index (κ3) is 6.21. The number of ether oxygens (including phenoxy) is 2. The predicted octanol–water partition coefficient (Wildman–Crippen LogP) is 8.69. The molecule has 0 N–H and O–H groups in total.